The summed E-state index contributed by atoms with van der Waals surface area (Å²) >= 11 is 0. The number of methoxy groups -OCH3 is 1. The average Bonchev–Trinajstić information content (AvgIpc) is 3.08. The molecule has 1 aliphatic heterocycles. The number of fused-ring (bicyclic) bond motifs is 1. The van der Waals surface area contributed by atoms with Gasteiger partial charge in [0.1, 0.15) is 24.1 Å². The highest BCUT2D eigenvalue weighted by atomic mass is 19.2. The molecule has 0 aromatic carbocycles. The number of halogens is 1. The van der Waals surface area contributed by atoms with Crippen LogP contribution < -0.4 is 5.32 Å². The molecular formula is C12H16FN5O4. The van der Waals surface area contributed by atoms with Crippen LogP contribution in [0, 0.1) is 0 Å². The van der Waals surface area contributed by atoms with Crippen molar-refractivity contribution in [2.24, 2.45) is 0 Å². The average molecular weight is 313 g/mol. The molecule has 3 heterocycles. The Bertz CT molecular complexity index is 683. The minimum absolute atomic E-state index is 0.314. The summed E-state index contributed by atoms with van der Waals surface area (Å²) in [6.07, 6.45) is -1.47. The van der Waals surface area contributed by atoms with Gasteiger partial charge in [-0.05, 0) is 0 Å². The largest absolute Gasteiger partial charge is 0.394 e. The van der Waals surface area contributed by atoms with E-state index < -0.39 is 30.9 Å². The minimum atomic E-state index is -2.54. The van der Waals surface area contributed by atoms with Crippen LogP contribution in [0.5, 0.6) is 0 Å². The summed E-state index contributed by atoms with van der Waals surface area (Å²) in [7, 11) is 2.79. The Morgan fingerprint density at radius 2 is 2.27 bits per heavy atom. The lowest BCUT2D eigenvalue weighted by Gasteiger charge is -2.27. The Kier molecular flexibility index (Phi) is 3.68. The molecule has 3 N–H and O–H groups in total. The van der Waals surface area contributed by atoms with Crippen LogP contribution in [0.3, 0.4) is 0 Å². The fourth-order valence-electron chi connectivity index (χ4n) is 2.56. The van der Waals surface area contributed by atoms with Crippen molar-refractivity contribution in [2.75, 3.05) is 26.1 Å². The van der Waals surface area contributed by atoms with Crippen molar-refractivity contribution in [2.45, 2.75) is 24.3 Å². The lowest BCUT2D eigenvalue weighted by Crippen LogP contribution is -2.44. The number of anilines is 1. The molecule has 0 saturated carbocycles. The van der Waals surface area contributed by atoms with Gasteiger partial charge >= 0.3 is 0 Å². The molecule has 10 heteroatoms. The number of aliphatic hydroxyl groups is 2. The van der Waals surface area contributed by atoms with Gasteiger partial charge in [0, 0.05) is 14.2 Å². The predicted octanol–water partition coefficient (Wildman–Crippen LogP) is -0.569. The lowest BCUT2D eigenvalue weighted by molar-refractivity contribution is -0.214. The summed E-state index contributed by atoms with van der Waals surface area (Å²) < 4.78 is 26.5. The fraction of sp³-hybridized carbons (Fsp3) is 0.583. The van der Waals surface area contributed by atoms with E-state index in [0.29, 0.717) is 17.0 Å². The smallest absolute Gasteiger partial charge is 0.283 e. The van der Waals surface area contributed by atoms with Crippen molar-refractivity contribution in [1.82, 2.24) is 19.5 Å². The number of aliphatic hydroxyl groups excluding tert-OH is 2. The molecule has 0 amide bonds. The molecule has 1 aliphatic rings. The van der Waals surface area contributed by atoms with Gasteiger partial charge in [-0.25, -0.2) is 19.3 Å². The first-order chi connectivity index (χ1) is 10.6. The molecule has 0 bridgehead atoms. The number of nitrogens with one attached hydrogen (secondary N) is 1. The van der Waals surface area contributed by atoms with Gasteiger partial charge < -0.3 is 25.0 Å². The highest BCUT2D eigenvalue weighted by molar-refractivity contribution is 5.82. The first kappa shape index (κ1) is 15.0. The van der Waals surface area contributed by atoms with Gasteiger partial charge in [-0.3, -0.25) is 4.57 Å². The number of nitrogens with zero attached hydrogens (tertiary/aromatic N) is 4. The van der Waals surface area contributed by atoms with Gasteiger partial charge in [-0.1, -0.05) is 0 Å². The number of alkyl halides is 1. The zero-order valence-electron chi connectivity index (χ0n) is 12.0. The zero-order valence-corrected chi connectivity index (χ0v) is 12.0. The second-order valence-electron chi connectivity index (χ2n) is 4.85. The SMILES string of the molecule is CNc1ncnc2c1ncn2[C@@H]1O[C@H](CO)[C@@H](O)[C@]1(F)OC. The highest BCUT2D eigenvalue weighted by Crippen LogP contribution is 2.43. The van der Waals surface area contributed by atoms with Gasteiger partial charge in [0.25, 0.3) is 5.85 Å². The number of hydrogen-bond donors (Lipinski definition) is 3. The highest BCUT2D eigenvalue weighted by Gasteiger charge is 2.59. The summed E-state index contributed by atoms with van der Waals surface area (Å²) in [5.74, 6) is -2.06. The van der Waals surface area contributed by atoms with E-state index in [1.54, 1.807) is 7.05 Å². The van der Waals surface area contributed by atoms with Crippen LogP contribution in [0.2, 0.25) is 0 Å². The number of imidazole rings is 1. The van der Waals surface area contributed by atoms with Crippen molar-refractivity contribution in [1.29, 1.82) is 0 Å². The molecule has 0 aliphatic carbocycles. The van der Waals surface area contributed by atoms with E-state index in [9.17, 15) is 14.6 Å². The van der Waals surface area contributed by atoms with Crippen molar-refractivity contribution in [3.63, 3.8) is 0 Å². The van der Waals surface area contributed by atoms with Crippen LogP contribution in [0.1, 0.15) is 6.23 Å². The molecule has 120 valence electrons. The molecular weight excluding hydrogens is 297 g/mol. The maximum absolute atomic E-state index is 15.0. The Morgan fingerprint density at radius 3 is 2.91 bits per heavy atom. The Hall–Kier alpha value is -1.88. The molecule has 0 spiro atoms. The Balaban J connectivity index is 2.11. The molecule has 22 heavy (non-hydrogen) atoms. The molecule has 3 rings (SSSR count). The maximum atomic E-state index is 15.0. The summed E-state index contributed by atoms with van der Waals surface area (Å²) in [6.45, 7) is -0.546. The fourth-order valence-corrected chi connectivity index (χ4v) is 2.56. The third-order valence-electron chi connectivity index (χ3n) is 3.74. The lowest BCUT2D eigenvalue weighted by atomic mass is 10.1. The van der Waals surface area contributed by atoms with Crippen LogP contribution in [-0.2, 0) is 9.47 Å². The Morgan fingerprint density at radius 1 is 1.50 bits per heavy atom. The molecule has 4 atom stereocenters. The normalized spacial score (nSPS) is 31.8. The molecule has 0 unspecified atom stereocenters. The molecule has 9 nitrogen and oxygen atoms in total. The quantitative estimate of drug-likeness (QED) is 0.687. The van der Waals surface area contributed by atoms with Gasteiger partial charge in [-0.15, -0.1) is 0 Å². The number of ether oxygens (including phenoxy) is 2. The van der Waals surface area contributed by atoms with E-state index in [-0.39, 0.29) is 0 Å². The number of aromatic nitrogens is 4. The van der Waals surface area contributed by atoms with Crippen molar-refractivity contribution < 1.29 is 24.1 Å². The molecule has 2 aromatic heterocycles. The Labute approximate surface area is 124 Å². The molecule has 1 fully saturated rings. The van der Waals surface area contributed by atoms with E-state index in [1.807, 2.05) is 0 Å². The maximum Gasteiger partial charge on any atom is 0.283 e. The number of rotatable bonds is 4. The van der Waals surface area contributed by atoms with Crippen molar-refractivity contribution in [3.05, 3.63) is 12.7 Å². The van der Waals surface area contributed by atoms with Crippen LogP contribution in [0.15, 0.2) is 12.7 Å². The minimum Gasteiger partial charge on any atom is -0.394 e. The van der Waals surface area contributed by atoms with Crippen LogP contribution >= 0.6 is 0 Å². The zero-order chi connectivity index (χ0) is 15.9. The van der Waals surface area contributed by atoms with Crippen molar-refractivity contribution >= 4 is 17.0 Å². The third kappa shape index (κ3) is 1.96. The van der Waals surface area contributed by atoms with Crippen LogP contribution in [-0.4, -0.2) is 68.6 Å². The van der Waals surface area contributed by atoms with Crippen molar-refractivity contribution in [3.8, 4) is 0 Å². The number of hydrogen-bond acceptors (Lipinski definition) is 8. The summed E-state index contributed by atoms with van der Waals surface area (Å²) in [6, 6.07) is 0. The summed E-state index contributed by atoms with van der Waals surface area (Å²) in [5.41, 5.74) is 0.739. The predicted molar refractivity (Wildman–Crippen MR) is 72.7 cm³/mol. The van der Waals surface area contributed by atoms with Crippen LogP contribution in [0.4, 0.5) is 10.2 Å². The van der Waals surface area contributed by atoms with Gasteiger partial charge in [0.2, 0.25) is 0 Å². The summed E-state index contributed by atoms with van der Waals surface area (Å²) in [4.78, 5) is 12.2. The first-order valence-corrected chi connectivity index (χ1v) is 6.60. The summed E-state index contributed by atoms with van der Waals surface area (Å²) in [5, 5.41) is 22.0. The topological polar surface area (TPSA) is 115 Å². The van der Waals surface area contributed by atoms with Gasteiger partial charge in [0.05, 0.1) is 12.9 Å². The molecule has 1 saturated heterocycles. The monoisotopic (exact) mass is 313 g/mol. The second kappa shape index (κ2) is 5.39. The van der Waals surface area contributed by atoms with Crippen LogP contribution in [0.25, 0.3) is 11.2 Å². The van der Waals surface area contributed by atoms with E-state index in [2.05, 4.69) is 20.3 Å². The standard InChI is InChI=1S/C12H16FN5O4/c1-14-9-7-10(16-4-15-9)18(5-17-7)11-12(13,21-2)8(20)6(3-19)22-11/h4-6,8,11,19-20H,3H2,1-2H3,(H,14,15,16)/t6-,8-,11-,12+/m1/s1. The third-order valence-corrected chi connectivity index (χ3v) is 3.74. The van der Waals surface area contributed by atoms with E-state index in [4.69, 9.17) is 9.47 Å². The molecule has 2 aromatic rings. The van der Waals surface area contributed by atoms with E-state index in [1.165, 1.54) is 17.2 Å². The van der Waals surface area contributed by atoms with Gasteiger partial charge in [-0.2, -0.15) is 0 Å². The van der Waals surface area contributed by atoms with E-state index >= 15 is 0 Å². The molecule has 0 radical (unpaired) electrons. The second-order valence-corrected chi connectivity index (χ2v) is 4.85. The van der Waals surface area contributed by atoms with E-state index in [0.717, 1.165) is 7.11 Å². The van der Waals surface area contributed by atoms with Gasteiger partial charge in [0.15, 0.2) is 17.7 Å². The first-order valence-electron chi connectivity index (χ1n) is 6.60.